The number of carbonyl (C=O) groups is 1. The Morgan fingerprint density at radius 1 is 1.38 bits per heavy atom. The molecule has 0 saturated heterocycles. The van der Waals surface area contributed by atoms with Gasteiger partial charge in [-0.1, -0.05) is 0 Å². The van der Waals surface area contributed by atoms with Crippen molar-refractivity contribution in [2.75, 3.05) is 13.2 Å². The van der Waals surface area contributed by atoms with Crippen molar-refractivity contribution >= 4 is 5.78 Å². The summed E-state index contributed by atoms with van der Waals surface area (Å²) in [5.41, 5.74) is 0. The van der Waals surface area contributed by atoms with Crippen LogP contribution in [0.1, 0.15) is 0 Å². The van der Waals surface area contributed by atoms with Gasteiger partial charge >= 0.3 is 0 Å². The lowest BCUT2D eigenvalue weighted by Crippen LogP contribution is -2.53. The zero-order valence-electron chi connectivity index (χ0n) is 6.59. The minimum absolute atomic E-state index is 1.02. The first kappa shape index (κ1) is 12.4. The van der Waals surface area contributed by atoms with Crippen LogP contribution in [0.3, 0.4) is 0 Å². The van der Waals surface area contributed by atoms with Gasteiger partial charge in [0, 0.05) is 0 Å². The highest BCUT2D eigenvalue weighted by Crippen LogP contribution is 2.16. The Hall–Kier alpha value is -0.600. The quantitative estimate of drug-likeness (QED) is 0.319. The standard InChI is InChI=1S/C6H11FO6/c7-6(13,4(11)2-9)5(12)3(10)1-8/h3,5,8-10,12-13H,1-2H2/t3-,5+,6-/m1/s1. The van der Waals surface area contributed by atoms with E-state index in [4.69, 9.17) is 25.5 Å². The van der Waals surface area contributed by atoms with E-state index in [-0.39, 0.29) is 0 Å². The Kier molecular flexibility index (Phi) is 4.37. The second kappa shape index (κ2) is 4.58. The molecule has 0 fully saturated rings. The molecule has 0 unspecified atom stereocenters. The van der Waals surface area contributed by atoms with Crippen molar-refractivity contribution in [3.63, 3.8) is 0 Å². The lowest BCUT2D eigenvalue weighted by atomic mass is 10.0. The highest BCUT2D eigenvalue weighted by molar-refractivity contribution is 5.87. The first-order chi connectivity index (χ1) is 5.87. The summed E-state index contributed by atoms with van der Waals surface area (Å²) < 4.78 is 12.8. The van der Waals surface area contributed by atoms with Crippen LogP contribution in [-0.2, 0) is 4.79 Å². The van der Waals surface area contributed by atoms with Gasteiger partial charge in [-0.15, -0.1) is 0 Å². The largest absolute Gasteiger partial charge is 0.394 e. The average Bonchev–Trinajstić information content (AvgIpc) is 2.13. The van der Waals surface area contributed by atoms with Gasteiger partial charge < -0.3 is 25.5 Å². The third-order valence-electron chi connectivity index (χ3n) is 1.48. The molecule has 0 aromatic carbocycles. The molecule has 6 nitrogen and oxygen atoms in total. The van der Waals surface area contributed by atoms with E-state index in [0.717, 1.165) is 0 Å². The van der Waals surface area contributed by atoms with Gasteiger partial charge in [0.1, 0.15) is 18.8 Å². The Labute approximate surface area is 72.9 Å². The highest BCUT2D eigenvalue weighted by atomic mass is 19.2. The van der Waals surface area contributed by atoms with Gasteiger partial charge in [0.15, 0.2) is 0 Å². The van der Waals surface area contributed by atoms with Gasteiger partial charge in [0.05, 0.1) is 6.61 Å². The third kappa shape index (κ3) is 2.68. The summed E-state index contributed by atoms with van der Waals surface area (Å²) >= 11 is 0. The van der Waals surface area contributed by atoms with Crippen LogP contribution in [0.15, 0.2) is 0 Å². The van der Waals surface area contributed by atoms with E-state index in [1.54, 1.807) is 0 Å². The topological polar surface area (TPSA) is 118 Å². The fraction of sp³-hybridized carbons (Fsp3) is 0.833. The van der Waals surface area contributed by atoms with Gasteiger partial charge in [0.2, 0.25) is 5.78 Å². The van der Waals surface area contributed by atoms with Crippen molar-refractivity contribution < 1.29 is 34.7 Å². The molecule has 3 atom stereocenters. The van der Waals surface area contributed by atoms with Gasteiger partial charge in [-0.2, -0.15) is 0 Å². The van der Waals surface area contributed by atoms with Crippen molar-refractivity contribution in [2.24, 2.45) is 0 Å². The second-order valence-electron chi connectivity index (χ2n) is 2.45. The second-order valence-corrected chi connectivity index (χ2v) is 2.45. The van der Waals surface area contributed by atoms with E-state index in [1.165, 1.54) is 0 Å². The normalized spacial score (nSPS) is 20.5. The van der Waals surface area contributed by atoms with Crippen molar-refractivity contribution in [1.29, 1.82) is 0 Å². The molecule has 0 rings (SSSR count). The summed E-state index contributed by atoms with van der Waals surface area (Å²) in [6.45, 7) is -2.34. The van der Waals surface area contributed by atoms with E-state index < -0.39 is 37.1 Å². The molecule has 0 bridgehead atoms. The number of rotatable bonds is 5. The first-order valence-electron chi connectivity index (χ1n) is 3.40. The Morgan fingerprint density at radius 2 is 1.85 bits per heavy atom. The molecule has 0 aliphatic heterocycles. The minimum atomic E-state index is -3.75. The van der Waals surface area contributed by atoms with E-state index in [0.29, 0.717) is 0 Å². The Balaban J connectivity index is 4.52. The average molecular weight is 198 g/mol. The van der Waals surface area contributed by atoms with Crippen LogP contribution in [-0.4, -0.2) is 62.6 Å². The predicted molar refractivity (Wildman–Crippen MR) is 37.3 cm³/mol. The number of carbonyl (C=O) groups excluding carboxylic acids is 1. The lowest BCUT2D eigenvalue weighted by molar-refractivity contribution is -0.207. The Morgan fingerprint density at radius 3 is 2.15 bits per heavy atom. The number of aliphatic hydroxyl groups excluding tert-OH is 4. The number of hydrogen-bond acceptors (Lipinski definition) is 6. The predicted octanol–water partition coefficient (Wildman–Crippen LogP) is -3.08. The van der Waals surface area contributed by atoms with Crippen LogP contribution in [0.25, 0.3) is 0 Å². The number of alkyl halides is 1. The minimum Gasteiger partial charge on any atom is -0.394 e. The van der Waals surface area contributed by atoms with Crippen molar-refractivity contribution in [3.05, 3.63) is 0 Å². The molecule has 0 heterocycles. The molecule has 0 aromatic rings. The lowest BCUT2D eigenvalue weighted by Gasteiger charge is -2.25. The zero-order chi connectivity index (χ0) is 10.6. The summed E-state index contributed by atoms with van der Waals surface area (Å²) in [5.74, 6) is -5.44. The third-order valence-corrected chi connectivity index (χ3v) is 1.48. The number of ketones is 1. The van der Waals surface area contributed by atoms with Crippen molar-refractivity contribution in [2.45, 2.75) is 18.1 Å². The highest BCUT2D eigenvalue weighted by Gasteiger charge is 2.46. The molecular weight excluding hydrogens is 187 g/mol. The molecule has 13 heavy (non-hydrogen) atoms. The molecule has 0 amide bonds. The summed E-state index contributed by atoms with van der Waals surface area (Å²) in [6.07, 6.45) is -4.48. The van der Waals surface area contributed by atoms with Crippen LogP contribution in [0, 0.1) is 0 Å². The maximum atomic E-state index is 12.8. The number of aliphatic hydroxyl groups is 5. The summed E-state index contributed by atoms with van der Waals surface area (Å²) in [7, 11) is 0. The van der Waals surface area contributed by atoms with Crippen LogP contribution in [0.5, 0.6) is 0 Å². The van der Waals surface area contributed by atoms with E-state index in [1.807, 2.05) is 0 Å². The molecule has 0 aliphatic carbocycles. The van der Waals surface area contributed by atoms with Crippen LogP contribution in [0.4, 0.5) is 4.39 Å². The number of Topliss-reactive ketones (excluding diaryl/α,β-unsaturated/α-hetero) is 1. The molecule has 0 saturated carbocycles. The van der Waals surface area contributed by atoms with Crippen LogP contribution >= 0.6 is 0 Å². The number of hydrogen-bond donors (Lipinski definition) is 5. The molecule has 7 heteroatoms. The SMILES string of the molecule is O=C(CO)[C@](O)(F)[C@@H](O)[C@H](O)CO. The van der Waals surface area contributed by atoms with Gasteiger partial charge in [-0.25, -0.2) is 4.39 Å². The van der Waals surface area contributed by atoms with Crippen LogP contribution in [0.2, 0.25) is 0 Å². The maximum Gasteiger partial charge on any atom is 0.297 e. The Bertz CT molecular complexity index is 182. The van der Waals surface area contributed by atoms with Gasteiger partial charge in [-0.05, 0) is 0 Å². The first-order valence-corrected chi connectivity index (χ1v) is 3.40. The summed E-state index contributed by atoms with van der Waals surface area (Å²) in [4.78, 5) is 10.5. The van der Waals surface area contributed by atoms with E-state index >= 15 is 0 Å². The molecule has 0 spiro atoms. The van der Waals surface area contributed by atoms with E-state index in [2.05, 4.69) is 0 Å². The number of halogens is 1. The summed E-state index contributed by atoms with van der Waals surface area (Å²) in [6, 6.07) is 0. The summed E-state index contributed by atoms with van der Waals surface area (Å²) in [5, 5.41) is 42.5. The monoisotopic (exact) mass is 198 g/mol. The van der Waals surface area contributed by atoms with Crippen LogP contribution < -0.4 is 0 Å². The van der Waals surface area contributed by atoms with Crippen molar-refractivity contribution in [1.82, 2.24) is 0 Å². The fourth-order valence-corrected chi connectivity index (χ4v) is 0.631. The fourth-order valence-electron chi connectivity index (χ4n) is 0.631. The molecule has 0 aromatic heterocycles. The van der Waals surface area contributed by atoms with E-state index in [9.17, 15) is 9.18 Å². The molecular formula is C6H11FO6. The molecule has 0 aliphatic rings. The molecule has 5 N–H and O–H groups in total. The zero-order valence-corrected chi connectivity index (χ0v) is 6.59. The maximum absolute atomic E-state index is 12.8. The van der Waals surface area contributed by atoms with Gasteiger partial charge in [0.25, 0.3) is 5.85 Å². The van der Waals surface area contributed by atoms with Gasteiger partial charge in [-0.3, -0.25) is 4.79 Å². The molecule has 78 valence electrons. The van der Waals surface area contributed by atoms with Crippen molar-refractivity contribution in [3.8, 4) is 0 Å². The smallest absolute Gasteiger partial charge is 0.297 e. The molecule has 0 radical (unpaired) electrons.